The quantitative estimate of drug-likeness (QED) is 0.184. The Morgan fingerprint density at radius 2 is 1.91 bits per heavy atom. The number of hydrogen-bond donors (Lipinski definition) is 3. The zero-order valence-electron chi connectivity index (χ0n) is 24.6. The van der Waals surface area contributed by atoms with Crippen LogP contribution in [0.4, 0.5) is 26.1 Å². The molecule has 12 nitrogen and oxygen atoms in total. The number of aliphatic imine (C=N–C) groups is 1. The molecule has 15 heteroatoms. The van der Waals surface area contributed by atoms with E-state index in [9.17, 15) is 18.4 Å². The summed E-state index contributed by atoms with van der Waals surface area (Å²) < 4.78 is 34.3. The molecule has 2 amide bonds. The van der Waals surface area contributed by atoms with E-state index >= 15 is 0 Å². The summed E-state index contributed by atoms with van der Waals surface area (Å²) in [6.45, 7) is 6.51. The van der Waals surface area contributed by atoms with Crippen molar-refractivity contribution in [2.24, 2.45) is 4.99 Å². The molecule has 0 aliphatic carbocycles. The highest BCUT2D eigenvalue weighted by molar-refractivity contribution is 6.31. The third kappa shape index (κ3) is 6.60. The van der Waals surface area contributed by atoms with Crippen molar-refractivity contribution >= 4 is 52.8 Å². The number of piperazine rings is 1. The van der Waals surface area contributed by atoms with E-state index in [1.54, 1.807) is 42.0 Å². The number of aromatic nitrogens is 2. The van der Waals surface area contributed by atoms with Crippen LogP contribution in [0.25, 0.3) is 0 Å². The monoisotopic (exact) mass is 627 g/mol. The molecule has 0 radical (unpaired) electrons. The fourth-order valence-corrected chi connectivity index (χ4v) is 4.89. The van der Waals surface area contributed by atoms with Crippen molar-refractivity contribution < 1.29 is 23.1 Å². The van der Waals surface area contributed by atoms with Gasteiger partial charge in [0.15, 0.2) is 11.6 Å². The Bertz CT molecular complexity index is 1610. The van der Waals surface area contributed by atoms with Crippen LogP contribution in [0.3, 0.4) is 0 Å². The van der Waals surface area contributed by atoms with Crippen LogP contribution in [-0.2, 0) is 9.59 Å². The number of hydrazine groups is 1. The molecule has 1 aromatic heterocycles. The number of nitrogens with one attached hydrogen (secondary N) is 2. The van der Waals surface area contributed by atoms with Crippen LogP contribution in [0.2, 0.25) is 5.02 Å². The Hall–Kier alpha value is -4.69. The topological polar surface area (TPSA) is 153 Å². The molecule has 0 spiro atoms. The predicted octanol–water partition coefficient (Wildman–Crippen LogP) is 3.79. The summed E-state index contributed by atoms with van der Waals surface area (Å²) in [5, 5.41) is 15.5. The number of carbonyl (C=O) groups excluding carboxylic acids is 2. The van der Waals surface area contributed by atoms with Crippen LogP contribution < -0.4 is 15.8 Å². The Labute approximate surface area is 258 Å². The largest absolute Gasteiger partial charge is 0.494 e. The summed E-state index contributed by atoms with van der Waals surface area (Å²) in [7, 11) is 1.20. The molecule has 1 unspecified atom stereocenters. The van der Waals surface area contributed by atoms with Crippen LogP contribution >= 0.6 is 11.6 Å². The van der Waals surface area contributed by atoms with E-state index < -0.39 is 23.4 Å². The zero-order valence-corrected chi connectivity index (χ0v) is 25.3. The SMILES string of the molecule is COc1ccc(C(=N)c2c(N)ncnc2NC(C)C(=Nc2cccc(Cl)c2C)N(C=O)N2CCN(C(C)=O)CC2)c(F)c1F. The fraction of sp³-hybridized carbons (Fsp3) is 0.310. The highest BCUT2D eigenvalue weighted by Gasteiger charge is 2.30. The number of nitrogen functional groups attached to an aromatic ring is 1. The molecule has 0 bridgehead atoms. The first-order chi connectivity index (χ1) is 21.0. The number of carbonyl (C=O) groups is 2. The molecule has 4 rings (SSSR count). The molecule has 1 atom stereocenters. The van der Waals surface area contributed by atoms with Gasteiger partial charge in [-0.1, -0.05) is 17.7 Å². The van der Waals surface area contributed by atoms with Crippen LogP contribution in [0.5, 0.6) is 5.75 Å². The highest BCUT2D eigenvalue weighted by atomic mass is 35.5. The van der Waals surface area contributed by atoms with Crippen molar-refractivity contribution in [2.45, 2.75) is 26.8 Å². The van der Waals surface area contributed by atoms with Gasteiger partial charge in [0, 0.05) is 43.7 Å². The number of halogens is 3. The number of nitrogens with two attached hydrogens (primary N) is 1. The Kier molecular flexibility index (Phi) is 10.1. The molecular weight excluding hydrogens is 596 g/mol. The lowest BCUT2D eigenvalue weighted by atomic mass is 10.0. The Morgan fingerprint density at radius 3 is 2.55 bits per heavy atom. The molecule has 2 aromatic carbocycles. The van der Waals surface area contributed by atoms with Gasteiger partial charge in [-0.25, -0.2) is 29.4 Å². The molecule has 44 heavy (non-hydrogen) atoms. The van der Waals surface area contributed by atoms with E-state index in [0.29, 0.717) is 48.9 Å². The van der Waals surface area contributed by atoms with Crippen LogP contribution in [0, 0.1) is 24.0 Å². The van der Waals surface area contributed by atoms with Gasteiger partial charge < -0.3 is 20.7 Å². The molecular formula is C29H32ClF2N9O3. The number of amides is 2. The van der Waals surface area contributed by atoms with Gasteiger partial charge in [-0.2, -0.15) is 4.39 Å². The minimum Gasteiger partial charge on any atom is -0.494 e. The summed E-state index contributed by atoms with van der Waals surface area (Å²) in [4.78, 5) is 39.2. The number of ether oxygens (including phenoxy) is 1. The molecule has 1 saturated heterocycles. The molecule has 1 aliphatic heterocycles. The van der Waals surface area contributed by atoms with Crippen molar-refractivity contribution in [3.05, 3.63) is 70.0 Å². The van der Waals surface area contributed by atoms with Gasteiger partial charge in [-0.05, 0) is 43.7 Å². The van der Waals surface area contributed by atoms with E-state index in [-0.39, 0.29) is 40.3 Å². The molecule has 3 aromatic rings. The van der Waals surface area contributed by atoms with E-state index in [1.807, 2.05) is 0 Å². The van der Waals surface area contributed by atoms with Crippen LogP contribution in [0.15, 0.2) is 41.7 Å². The van der Waals surface area contributed by atoms with E-state index in [0.717, 1.165) is 6.33 Å². The first kappa shape index (κ1) is 32.2. The number of benzene rings is 2. The lowest BCUT2D eigenvalue weighted by Crippen LogP contribution is -2.58. The van der Waals surface area contributed by atoms with Gasteiger partial charge in [0.05, 0.1) is 30.1 Å². The summed E-state index contributed by atoms with van der Waals surface area (Å²) in [6.07, 6.45) is 1.77. The summed E-state index contributed by atoms with van der Waals surface area (Å²) >= 11 is 6.35. The van der Waals surface area contributed by atoms with Gasteiger partial charge in [0.25, 0.3) is 0 Å². The van der Waals surface area contributed by atoms with E-state index in [4.69, 9.17) is 32.5 Å². The molecule has 2 heterocycles. The average molecular weight is 628 g/mol. The zero-order chi connectivity index (χ0) is 32.1. The molecule has 0 saturated carbocycles. The Morgan fingerprint density at radius 1 is 1.20 bits per heavy atom. The second kappa shape index (κ2) is 13.7. The maximum absolute atomic E-state index is 15.0. The number of hydrogen-bond acceptors (Lipinski definition) is 10. The van der Waals surface area contributed by atoms with Gasteiger partial charge in [0.1, 0.15) is 23.8 Å². The number of rotatable bonds is 9. The minimum absolute atomic E-state index is 0.0217. The Balaban J connectivity index is 1.75. The molecule has 4 N–H and O–H groups in total. The maximum atomic E-state index is 15.0. The number of methoxy groups -OCH3 is 1. The summed E-state index contributed by atoms with van der Waals surface area (Å²) in [5.74, 6) is -2.85. The second-order valence-corrected chi connectivity index (χ2v) is 10.3. The smallest absolute Gasteiger partial charge is 0.229 e. The standard InChI is InChI=1S/C29H32ClF2N9O3/c1-16-20(30)6-5-7-21(16)38-29(41(15-42)40-12-10-39(11-13-40)18(3)43)17(2)37-28-23(27(34)35-14-36-28)26(33)19-8-9-22(44-4)25(32)24(19)31/h5-9,14-15,17,33H,10-13H2,1-4H3,(H3,34,35,36,37). The third-order valence-corrected chi connectivity index (χ3v) is 7.63. The predicted molar refractivity (Wildman–Crippen MR) is 163 cm³/mol. The maximum Gasteiger partial charge on any atom is 0.229 e. The van der Waals surface area contributed by atoms with E-state index in [2.05, 4.69) is 15.3 Å². The molecule has 232 valence electrons. The lowest BCUT2D eigenvalue weighted by Gasteiger charge is -2.40. The highest BCUT2D eigenvalue weighted by Crippen LogP contribution is 2.29. The number of nitrogens with zero attached hydrogens (tertiary/aromatic N) is 6. The van der Waals surface area contributed by atoms with Crippen molar-refractivity contribution in [3.63, 3.8) is 0 Å². The number of amidine groups is 1. The third-order valence-electron chi connectivity index (χ3n) is 7.22. The molecule has 1 aliphatic rings. The summed E-state index contributed by atoms with van der Waals surface area (Å²) in [6, 6.07) is 6.82. The first-order valence-corrected chi connectivity index (χ1v) is 13.9. The first-order valence-electron chi connectivity index (χ1n) is 13.5. The lowest BCUT2D eigenvalue weighted by molar-refractivity contribution is -0.135. The summed E-state index contributed by atoms with van der Waals surface area (Å²) in [5.41, 5.74) is 6.36. The average Bonchev–Trinajstić information content (AvgIpc) is 3.00. The van der Waals surface area contributed by atoms with Gasteiger partial charge in [0.2, 0.25) is 18.1 Å². The van der Waals surface area contributed by atoms with Crippen molar-refractivity contribution in [1.82, 2.24) is 24.9 Å². The van der Waals surface area contributed by atoms with Crippen LogP contribution in [0.1, 0.15) is 30.5 Å². The van der Waals surface area contributed by atoms with Crippen molar-refractivity contribution in [3.8, 4) is 5.75 Å². The van der Waals surface area contributed by atoms with Crippen molar-refractivity contribution in [1.29, 1.82) is 5.41 Å². The van der Waals surface area contributed by atoms with Crippen molar-refractivity contribution in [2.75, 3.05) is 44.3 Å². The fourth-order valence-electron chi connectivity index (χ4n) is 4.72. The minimum atomic E-state index is -1.30. The number of anilines is 2. The van der Waals surface area contributed by atoms with Gasteiger partial charge >= 0.3 is 0 Å². The molecule has 1 fully saturated rings. The second-order valence-electron chi connectivity index (χ2n) is 9.93. The van der Waals surface area contributed by atoms with Gasteiger partial charge in [-0.3, -0.25) is 15.0 Å². The van der Waals surface area contributed by atoms with Crippen LogP contribution in [-0.4, -0.2) is 88.1 Å². The normalized spacial score (nSPS) is 14.6. The van der Waals surface area contributed by atoms with Gasteiger partial charge in [-0.15, -0.1) is 0 Å². The van der Waals surface area contributed by atoms with E-state index in [1.165, 1.54) is 31.2 Å².